The molecule has 0 amide bonds. The molecule has 0 aliphatic carbocycles. The van der Waals surface area contributed by atoms with E-state index in [4.69, 9.17) is 0 Å². The Morgan fingerprint density at radius 1 is 1.24 bits per heavy atom. The summed E-state index contributed by atoms with van der Waals surface area (Å²) in [4.78, 5) is 11.6. The Balaban J connectivity index is 5.34. The minimum Gasteiger partial charge on any atom is -0.463 e. The van der Waals surface area contributed by atoms with Gasteiger partial charge in [-0.25, -0.2) is 9.18 Å². The lowest BCUT2D eigenvalue weighted by Gasteiger charge is -2.22. The lowest BCUT2D eigenvalue weighted by Crippen LogP contribution is -2.36. The standard InChI is InChI=1S/C15H18F4O2/c1-5-10-14(16,13(20)21-7-3)11(4)8-9-12(6-2)15(17,18)19/h5-6,8-9H,1,4,7,10H2,2-3H3/b9-8-,12-6+. The van der Waals surface area contributed by atoms with Gasteiger partial charge in [-0.2, -0.15) is 13.2 Å². The molecular weight excluding hydrogens is 288 g/mol. The van der Waals surface area contributed by atoms with Crippen molar-refractivity contribution in [1.29, 1.82) is 0 Å². The Labute approximate surface area is 121 Å². The molecule has 0 rings (SSSR count). The van der Waals surface area contributed by atoms with Crippen molar-refractivity contribution in [3.63, 3.8) is 0 Å². The number of alkyl halides is 4. The molecule has 0 aromatic heterocycles. The summed E-state index contributed by atoms with van der Waals surface area (Å²) in [6.07, 6.45) is -1.54. The highest BCUT2D eigenvalue weighted by atomic mass is 19.4. The molecule has 0 heterocycles. The number of halogens is 4. The number of rotatable bonds is 7. The van der Waals surface area contributed by atoms with E-state index < -0.39 is 35.4 Å². The first-order chi connectivity index (χ1) is 9.63. The van der Waals surface area contributed by atoms with Gasteiger partial charge in [-0.3, -0.25) is 0 Å². The highest BCUT2D eigenvalue weighted by molar-refractivity contribution is 5.84. The molecule has 0 saturated carbocycles. The maximum absolute atomic E-state index is 14.6. The second-order valence-electron chi connectivity index (χ2n) is 4.11. The van der Waals surface area contributed by atoms with Gasteiger partial charge in [0.2, 0.25) is 5.67 Å². The Kier molecular flexibility index (Phi) is 7.12. The van der Waals surface area contributed by atoms with Crippen LogP contribution in [0, 0.1) is 0 Å². The number of carbonyl (C=O) groups is 1. The van der Waals surface area contributed by atoms with E-state index in [0.717, 1.165) is 18.2 Å². The van der Waals surface area contributed by atoms with Gasteiger partial charge < -0.3 is 4.74 Å². The molecule has 0 aromatic carbocycles. The Morgan fingerprint density at radius 3 is 2.19 bits per heavy atom. The zero-order valence-electron chi connectivity index (χ0n) is 12.0. The third-order valence-corrected chi connectivity index (χ3v) is 2.64. The fourth-order valence-corrected chi connectivity index (χ4v) is 1.47. The van der Waals surface area contributed by atoms with Crippen molar-refractivity contribution in [3.8, 4) is 0 Å². The van der Waals surface area contributed by atoms with Crippen LogP contribution in [0.1, 0.15) is 20.3 Å². The zero-order valence-corrected chi connectivity index (χ0v) is 12.0. The fraction of sp³-hybridized carbons (Fsp3) is 0.400. The van der Waals surface area contributed by atoms with Crippen LogP contribution >= 0.6 is 0 Å². The fourth-order valence-electron chi connectivity index (χ4n) is 1.47. The number of allylic oxidation sites excluding steroid dienone is 5. The van der Waals surface area contributed by atoms with E-state index in [9.17, 15) is 22.4 Å². The highest BCUT2D eigenvalue weighted by Crippen LogP contribution is 2.31. The third kappa shape index (κ3) is 5.21. The summed E-state index contributed by atoms with van der Waals surface area (Å²) in [5, 5.41) is 0. The van der Waals surface area contributed by atoms with Crippen molar-refractivity contribution >= 4 is 5.97 Å². The lowest BCUT2D eigenvalue weighted by atomic mass is 9.92. The van der Waals surface area contributed by atoms with Crippen LogP contribution < -0.4 is 0 Å². The molecule has 21 heavy (non-hydrogen) atoms. The minimum absolute atomic E-state index is 0.0543. The van der Waals surface area contributed by atoms with Crippen molar-refractivity contribution in [2.75, 3.05) is 6.61 Å². The van der Waals surface area contributed by atoms with Crippen molar-refractivity contribution < 1.29 is 27.1 Å². The van der Waals surface area contributed by atoms with Gasteiger partial charge in [0.25, 0.3) is 0 Å². The SMILES string of the molecule is C=CCC(F)(C(=C)/C=C\C(=C/C)C(F)(F)F)C(=O)OCC. The lowest BCUT2D eigenvalue weighted by molar-refractivity contribution is -0.154. The number of hydrogen-bond donors (Lipinski definition) is 0. The van der Waals surface area contributed by atoms with E-state index in [1.807, 2.05) is 0 Å². The Hall–Kier alpha value is -1.85. The Morgan fingerprint density at radius 2 is 1.81 bits per heavy atom. The second-order valence-corrected chi connectivity index (χ2v) is 4.11. The topological polar surface area (TPSA) is 26.3 Å². The number of ether oxygens (including phenoxy) is 1. The van der Waals surface area contributed by atoms with Gasteiger partial charge in [0, 0.05) is 6.42 Å². The maximum atomic E-state index is 14.6. The smallest absolute Gasteiger partial charge is 0.416 e. The number of hydrogen-bond acceptors (Lipinski definition) is 2. The van der Waals surface area contributed by atoms with E-state index in [1.54, 1.807) is 0 Å². The zero-order chi connectivity index (χ0) is 16.7. The number of carbonyl (C=O) groups excluding carboxylic acids is 1. The van der Waals surface area contributed by atoms with Gasteiger partial charge in [0.1, 0.15) is 0 Å². The predicted octanol–water partition coefficient (Wildman–Crippen LogP) is 4.45. The largest absolute Gasteiger partial charge is 0.463 e. The molecule has 0 saturated heterocycles. The van der Waals surface area contributed by atoms with E-state index in [2.05, 4.69) is 17.9 Å². The molecule has 0 radical (unpaired) electrons. The first-order valence-electron chi connectivity index (χ1n) is 6.21. The van der Waals surface area contributed by atoms with Gasteiger partial charge >= 0.3 is 12.1 Å². The van der Waals surface area contributed by atoms with Crippen molar-refractivity contribution in [2.45, 2.75) is 32.1 Å². The molecule has 1 unspecified atom stereocenters. The van der Waals surface area contributed by atoms with Crippen LogP contribution in [0.4, 0.5) is 17.6 Å². The molecule has 0 aliphatic heterocycles. The van der Waals surface area contributed by atoms with Crippen LogP contribution in [0.3, 0.4) is 0 Å². The summed E-state index contributed by atoms with van der Waals surface area (Å²) >= 11 is 0. The molecule has 1 atom stereocenters. The molecule has 0 N–H and O–H groups in total. The highest BCUT2D eigenvalue weighted by Gasteiger charge is 2.41. The summed E-state index contributed by atoms with van der Waals surface area (Å²) in [5.41, 5.74) is -4.02. The van der Waals surface area contributed by atoms with Gasteiger partial charge in [-0.1, -0.05) is 24.8 Å². The van der Waals surface area contributed by atoms with E-state index in [0.29, 0.717) is 6.08 Å². The third-order valence-electron chi connectivity index (χ3n) is 2.64. The Bertz CT molecular complexity index is 461. The van der Waals surface area contributed by atoms with Crippen LogP contribution in [0.15, 0.2) is 48.6 Å². The minimum atomic E-state index is -4.56. The normalized spacial score (nSPS) is 15.6. The summed E-state index contributed by atoms with van der Waals surface area (Å²) in [5.74, 6) is -1.20. The average molecular weight is 306 g/mol. The molecular formula is C15H18F4O2. The molecule has 118 valence electrons. The van der Waals surface area contributed by atoms with Gasteiger partial charge in [-0.05, 0) is 25.5 Å². The summed E-state index contributed by atoms with van der Waals surface area (Å²) in [7, 11) is 0. The average Bonchev–Trinajstić information content (AvgIpc) is 2.37. The molecule has 0 spiro atoms. The molecule has 6 heteroatoms. The first kappa shape index (κ1) is 19.1. The summed E-state index contributed by atoms with van der Waals surface area (Å²) in [6.45, 7) is 9.29. The van der Waals surface area contributed by atoms with Crippen molar-refractivity contribution in [3.05, 3.63) is 48.6 Å². The second kappa shape index (κ2) is 7.81. The molecule has 0 bridgehead atoms. The summed E-state index contributed by atoms with van der Waals surface area (Å²) in [6, 6.07) is 0. The first-order valence-corrected chi connectivity index (χ1v) is 6.21. The molecule has 0 aliphatic rings. The predicted molar refractivity (Wildman–Crippen MR) is 73.4 cm³/mol. The van der Waals surface area contributed by atoms with Crippen LogP contribution in [-0.4, -0.2) is 24.4 Å². The van der Waals surface area contributed by atoms with Crippen molar-refractivity contribution in [2.24, 2.45) is 0 Å². The van der Waals surface area contributed by atoms with E-state index >= 15 is 0 Å². The molecule has 2 nitrogen and oxygen atoms in total. The van der Waals surface area contributed by atoms with Crippen LogP contribution in [0.2, 0.25) is 0 Å². The number of esters is 1. The van der Waals surface area contributed by atoms with E-state index in [1.165, 1.54) is 13.8 Å². The van der Waals surface area contributed by atoms with Crippen LogP contribution in [-0.2, 0) is 9.53 Å². The van der Waals surface area contributed by atoms with Gasteiger partial charge in [0.15, 0.2) is 0 Å². The quantitative estimate of drug-likeness (QED) is 0.300. The van der Waals surface area contributed by atoms with E-state index in [-0.39, 0.29) is 6.61 Å². The van der Waals surface area contributed by atoms with Gasteiger partial charge in [0.05, 0.1) is 12.2 Å². The molecule has 0 fully saturated rings. The monoisotopic (exact) mass is 306 g/mol. The molecule has 0 aromatic rings. The summed E-state index contributed by atoms with van der Waals surface area (Å²) < 4.78 is 56.8. The van der Waals surface area contributed by atoms with Gasteiger partial charge in [-0.15, -0.1) is 6.58 Å². The maximum Gasteiger partial charge on any atom is 0.416 e. The van der Waals surface area contributed by atoms with Crippen molar-refractivity contribution in [1.82, 2.24) is 0 Å². The van der Waals surface area contributed by atoms with Crippen LogP contribution in [0.25, 0.3) is 0 Å². The van der Waals surface area contributed by atoms with Crippen LogP contribution in [0.5, 0.6) is 0 Å².